The van der Waals surface area contributed by atoms with Crippen LogP contribution in [0.15, 0.2) is 51.7 Å². The monoisotopic (exact) mass is 371 g/mol. The van der Waals surface area contributed by atoms with Crippen LogP contribution in [0.2, 0.25) is 5.02 Å². The standard InChI is InChI=1S/C19H18ClN3O3/c20-15-4-2-1-3-13(15)11-18(24)23-9-7-22(8-10-23)14-5-6-17-16(12-14)21-19(25)26-17/h1-6,12H,7-11H2,(H,21,25). The first-order valence-electron chi connectivity index (χ1n) is 8.49. The molecule has 2 heterocycles. The van der Waals surface area contributed by atoms with Gasteiger partial charge in [-0.1, -0.05) is 29.8 Å². The Balaban J connectivity index is 1.40. The predicted molar refractivity (Wildman–Crippen MR) is 101 cm³/mol. The van der Waals surface area contributed by atoms with Gasteiger partial charge in [-0.15, -0.1) is 0 Å². The number of halogens is 1. The van der Waals surface area contributed by atoms with Crippen molar-refractivity contribution < 1.29 is 9.21 Å². The molecule has 1 amide bonds. The highest BCUT2D eigenvalue weighted by Crippen LogP contribution is 2.22. The van der Waals surface area contributed by atoms with Gasteiger partial charge in [0.1, 0.15) is 0 Å². The summed E-state index contributed by atoms with van der Waals surface area (Å²) in [5.41, 5.74) is 3.10. The Morgan fingerprint density at radius 1 is 1.12 bits per heavy atom. The Bertz CT molecular complexity index is 1000. The van der Waals surface area contributed by atoms with Crippen molar-refractivity contribution in [2.24, 2.45) is 0 Å². The number of fused-ring (bicyclic) bond motifs is 1. The average molecular weight is 372 g/mol. The molecule has 0 saturated carbocycles. The van der Waals surface area contributed by atoms with Crippen molar-refractivity contribution in [3.8, 4) is 0 Å². The molecule has 26 heavy (non-hydrogen) atoms. The molecule has 1 N–H and O–H groups in total. The second kappa shape index (κ2) is 6.88. The zero-order chi connectivity index (χ0) is 18.1. The number of oxazole rings is 1. The molecule has 1 aliphatic rings. The molecule has 134 valence electrons. The van der Waals surface area contributed by atoms with Gasteiger partial charge >= 0.3 is 5.76 Å². The van der Waals surface area contributed by atoms with Gasteiger partial charge in [0.05, 0.1) is 11.9 Å². The number of aromatic amines is 1. The zero-order valence-corrected chi connectivity index (χ0v) is 14.8. The van der Waals surface area contributed by atoms with Gasteiger partial charge in [-0.25, -0.2) is 4.79 Å². The molecule has 4 rings (SSSR count). The number of rotatable bonds is 3. The number of carbonyl (C=O) groups is 1. The van der Waals surface area contributed by atoms with E-state index in [0.29, 0.717) is 35.6 Å². The summed E-state index contributed by atoms with van der Waals surface area (Å²) >= 11 is 6.15. The van der Waals surface area contributed by atoms with Gasteiger partial charge in [0, 0.05) is 36.9 Å². The third-order valence-electron chi connectivity index (χ3n) is 4.70. The number of nitrogens with zero attached hydrogens (tertiary/aromatic N) is 2. The summed E-state index contributed by atoms with van der Waals surface area (Å²) in [6.45, 7) is 2.79. The Hall–Kier alpha value is -2.73. The smallest absolute Gasteiger partial charge is 0.408 e. The van der Waals surface area contributed by atoms with E-state index in [-0.39, 0.29) is 5.91 Å². The molecular formula is C19H18ClN3O3. The van der Waals surface area contributed by atoms with Crippen molar-refractivity contribution in [2.75, 3.05) is 31.1 Å². The highest BCUT2D eigenvalue weighted by Gasteiger charge is 2.22. The van der Waals surface area contributed by atoms with Crippen LogP contribution < -0.4 is 10.7 Å². The number of aromatic nitrogens is 1. The second-order valence-electron chi connectivity index (χ2n) is 6.33. The molecule has 0 bridgehead atoms. The minimum atomic E-state index is -0.452. The molecule has 0 aliphatic carbocycles. The molecule has 6 nitrogen and oxygen atoms in total. The Morgan fingerprint density at radius 3 is 2.65 bits per heavy atom. The number of nitrogens with one attached hydrogen (secondary N) is 1. The van der Waals surface area contributed by atoms with Gasteiger partial charge in [0.15, 0.2) is 5.58 Å². The number of H-pyrrole nitrogens is 1. The fourth-order valence-corrected chi connectivity index (χ4v) is 3.47. The van der Waals surface area contributed by atoms with E-state index < -0.39 is 5.76 Å². The van der Waals surface area contributed by atoms with Crippen molar-refractivity contribution in [3.63, 3.8) is 0 Å². The maximum absolute atomic E-state index is 12.5. The first-order valence-corrected chi connectivity index (χ1v) is 8.87. The fourth-order valence-electron chi connectivity index (χ4n) is 3.27. The number of amides is 1. The highest BCUT2D eigenvalue weighted by atomic mass is 35.5. The summed E-state index contributed by atoms with van der Waals surface area (Å²) in [4.78, 5) is 30.6. The lowest BCUT2D eigenvalue weighted by Crippen LogP contribution is -2.49. The number of carbonyl (C=O) groups excluding carboxylic acids is 1. The van der Waals surface area contributed by atoms with Gasteiger partial charge in [0.25, 0.3) is 0 Å². The van der Waals surface area contributed by atoms with E-state index in [2.05, 4.69) is 9.88 Å². The SMILES string of the molecule is O=C(Cc1ccccc1Cl)N1CCN(c2ccc3oc(=O)[nH]c3c2)CC1. The summed E-state index contributed by atoms with van der Waals surface area (Å²) < 4.78 is 5.03. The van der Waals surface area contributed by atoms with E-state index in [1.165, 1.54) is 0 Å². The quantitative estimate of drug-likeness (QED) is 0.768. The van der Waals surface area contributed by atoms with E-state index in [0.717, 1.165) is 24.3 Å². The van der Waals surface area contributed by atoms with Crippen LogP contribution in [0.5, 0.6) is 0 Å². The van der Waals surface area contributed by atoms with Crippen LogP contribution in [0.1, 0.15) is 5.56 Å². The van der Waals surface area contributed by atoms with E-state index in [9.17, 15) is 9.59 Å². The molecule has 0 atom stereocenters. The van der Waals surface area contributed by atoms with Crippen LogP contribution in [0.4, 0.5) is 5.69 Å². The maximum Gasteiger partial charge on any atom is 0.417 e. The van der Waals surface area contributed by atoms with Gasteiger partial charge in [-0.2, -0.15) is 0 Å². The predicted octanol–water partition coefficient (Wildman–Crippen LogP) is 2.67. The minimum absolute atomic E-state index is 0.0902. The van der Waals surface area contributed by atoms with E-state index in [1.807, 2.05) is 35.2 Å². The lowest BCUT2D eigenvalue weighted by Gasteiger charge is -2.36. The number of hydrogen-bond acceptors (Lipinski definition) is 4. The van der Waals surface area contributed by atoms with Crippen LogP contribution in [0, 0.1) is 0 Å². The van der Waals surface area contributed by atoms with E-state index >= 15 is 0 Å². The lowest BCUT2D eigenvalue weighted by molar-refractivity contribution is -0.130. The first kappa shape index (κ1) is 16.7. The molecule has 0 radical (unpaired) electrons. The fraction of sp³-hybridized carbons (Fsp3) is 0.263. The van der Waals surface area contributed by atoms with E-state index in [4.69, 9.17) is 16.0 Å². The molecule has 7 heteroatoms. The number of benzene rings is 2. The molecule has 1 aromatic heterocycles. The van der Waals surface area contributed by atoms with Crippen LogP contribution in [0.3, 0.4) is 0 Å². The minimum Gasteiger partial charge on any atom is -0.408 e. The van der Waals surface area contributed by atoms with Crippen molar-refractivity contribution in [3.05, 3.63) is 63.6 Å². The largest absolute Gasteiger partial charge is 0.417 e. The molecule has 3 aromatic rings. The average Bonchev–Trinajstić information content (AvgIpc) is 3.03. The number of anilines is 1. The molecule has 1 aliphatic heterocycles. The van der Waals surface area contributed by atoms with Crippen molar-refractivity contribution in [1.82, 2.24) is 9.88 Å². The number of hydrogen-bond donors (Lipinski definition) is 1. The molecule has 1 fully saturated rings. The molecule has 2 aromatic carbocycles. The van der Waals surface area contributed by atoms with Gasteiger partial charge in [0.2, 0.25) is 5.91 Å². The van der Waals surface area contributed by atoms with Crippen LogP contribution in [0.25, 0.3) is 11.1 Å². The normalized spacial score (nSPS) is 14.8. The molecule has 0 unspecified atom stereocenters. The first-order chi connectivity index (χ1) is 12.6. The third kappa shape index (κ3) is 3.32. The maximum atomic E-state index is 12.5. The summed E-state index contributed by atoms with van der Waals surface area (Å²) in [7, 11) is 0. The Morgan fingerprint density at radius 2 is 1.88 bits per heavy atom. The lowest BCUT2D eigenvalue weighted by atomic mass is 10.1. The van der Waals surface area contributed by atoms with Crippen molar-refractivity contribution in [2.45, 2.75) is 6.42 Å². The summed E-state index contributed by atoms with van der Waals surface area (Å²) in [5.74, 6) is -0.362. The summed E-state index contributed by atoms with van der Waals surface area (Å²) in [6.07, 6.45) is 0.321. The Labute approximate surface area is 155 Å². The van der Waals surface area contributed by atoms with Gasteiger partial charge in [-0.3, -0.25) is 9.78 Å². The molecule has 1 saturated heterocycles. The van der Waals surface area contributed by atoms with Gasteiger partial charge in [-0.05, 0) is 29.8 Å². The van der Waals surface area contributed by atoms with Gasteiger partial charge < -0.3 is 14.2 Å². The molecular weight excluding hydrogens is 354 g/mol. The zero-order valence-electron chi connectivity index (χ0n) is 14.1. The van der Waals surface area contributed by atoms with Crippen LogP contribution >= 0.6 is 11.6 Å². The second-order valence-corrected chi connectivity index (χ2v) is 6.74. The summed E-state index contributed by atoms with van der Waals surface area (Å²) in [6, 6.07) is 13.1. The highest BCUT2D eigenvalue weighted by molar-refractivity contribution is 6.31. The van der Waals surface area contributed by atoms with Crippen LogP contribution in [-0.2, 0) is 11.2 Å². The van der Waals surface area contributed by atoms with Crippen LogP contribution in [-0.4, -0.2) is 42.0 Å². The Kier molecular flexibility index (Phi) is 4.42. The number of piperazine rings is 1. The van der Waals surface area contributed by atoms with Crippen molar-refractivity contribution >= 4 is 34.3 Å². The third-order valence-corrected chi connectivity index (χ3v) is 5.07. The topological polar surface area (TPSA) is 69.6 Å². The van der Waals surface area contributed by atoms with E-state index in [1.54, 1.807) is 12.1 Å². The summed E-state index contributed by atoms with van der Waals surface area (Å²) in [5, 5.41) is 0.627. The van der Waals surface area contributed by atoms with Crippen molar-refractivity contribution in [1.29, 1.82) is 0 Å². The molecule has 0 spiro atoms.